The fourth-order valence-corrected chi connectivity index (χ4v) is 2.45. The second-order valence-electron chi connectivity index (χ2n) is 4.42. The van der Waals surface area contributed by atoms with Crippen LogP contribution < -0.4 is 0 Å². The van der Waals surface area contributed by atoms with E-state index in [2.05, 4.69) is 0 Å². The van der Waals surface area contributed by atoms with Gasteiger partial charge in [0.1, 0.15) is 11.5 Å². The molecule has 1 fully saturated rings. The van der Waals surface area contributed by atoms with Crippen molar-refractivity contribution in [2.75, 3.05) is 0 Å². The van der Waals surface area contributed by atoms with E-state index < -0.39 is 0 Å². The minimum Gasteiger partial charge on any atom is -0.508 e. The molecule has 0 saturated heterocycles. The maximum Gasteiger partial charge on any atom is 0.153 e. The van der Waals surface area contributed by atoms with Crippen molar-refractivity contribution in [1.82, 2.24) is 0 Å². The number of hydrogen-bond donors (Lipinski definition) is 2. The van der Waals surface area contributed by atoms with Gasteiger partial charge in [0.15, 0.2) is 6.29 Å². The Morgan fingerprint density at radius 2 is 1.75 bits per heavy atom. The summed E-state index contributed by atoms with van der Waals surface area (Å²) in [6.45, 7) is 0. The largest absolute Gasteiger partial charge is 0.508 e. The molecule has 1 saturated carbocycles. The molecular formula is C13H16O3. The van der Waals surface area contributed by atoms with Gasteiger partial charge in [-0.15, -0.1) is 0 Å². The van der Waals surface area contributed by atoms with E-state index in [9.17, 15) is 15.0 Å². The van der Waals surface area contributed by atoms with E-state index in [1.54, 1.807) is 6.07 Å². The van der Waals surface area contributed by atoms with Crippen LogP contribution in [0.3, 0.4) is 0 Å². The molecule has 0 aromatic heterocycles. The lowest BCUT2D eigenvalue weighted by atomic mass is 9.83. The Morgan fingerprint density at radius 3 is 2.38 bits per heavy atom. The molecule has 1 aromatic rings. The van der Waals surface area contributed by atoms with Crippen molar-refractivity contribution in [1.29, 1.82) is 0 Å². The smallest absolute Gasteiger partial charge is 0.153 e. The third-order valence-electron chi connectivity index (χ3n) is 3.35. The van der Waals surface area contributed by atoms with Crippen molar-refractivity contribution in [3.63, 3.8) is 0 Å². The lowest BCUT2D eigenvalue weighted by Gasteiger charge is -2.23. The lowest BCUT2D eigenvalue weighted by Crippen LogP contribution is -2.05. The van der Waals surface area contributed by atoms with Crippen LogP contribution in [0.15, 0.2) is 12.1 Å². The molecule has 2 N–H and O–H groups in total. The Kier molecular flexibility index (Phi) is 3.13. The van der Waals surface area contributed by atoms with Crippen LogP contribution in [0.5, 0.6) is 11.5 Å². The van der Waals surface area contributed by atoms with Gasteiger partial charge in [-0.05, 0) is 30.4 Å². The highest BCUT2D eigenvalue weighted by atomic mass is 16.3. The highest BCUT2D eigenvalue weighted by Gasteiger charge is 2.20. The zero-order chi connectivity index (χ0) is 11.5. The first-order chi connectivity index (χ1) is 7.72. The summed E-state index contributed by atoms with van der Waals surface area (Å²) in [7, 11) is 0. The van der Waals surface area contributed by atoms with Crippen molar-refractivity contribution < 1.29 is 15.0 Å². The van der Waals surface area contributed by atoms with Crippen molar-refractivity contribution in [2.45, 2.75) is 38.0 Å². The molecule has 0 amide bonds. The molecule has 16 heavy (non-hydrogen) atoms. The number of phenols is 2. The third kappa shape index (κ3) is 2.03. The minimum atomic E-state index is -0.146. The predicted molar refractivity (Wildman–Crippen MR) is 61.0 cm³/mol. The van der Waals surface area contributed by atoms with Crippen LogP contribution in [0.2, 0.25) is 0 Å². The highest BCUT2D eigenvalue weighted by Crippen LogP contribution is 2.39. The molecule has 86 valence electrons. The second-order valence-corrected chi connectivity index (χ2v) is 4.42. The molecule has 0 spiro atoms. The van der Waals surface area contributed by atoms with Crippen LogP contribution in [0, 0.1) is 0 Å². The number of aromatic hydroxyl groups is 2. The normalized spacial score (nSPS) is 17.2. The number of phenolic OH excluding ortho intramolecular Hbond substituents is 2. The first kappa shape index (κ1) is 11.0. The van der Waals surface area contributed by atoms with Gasteiger partial charge in [-0.2, -0.15) is 0 Å². The molecule has 0 heterocycles. The number of rotatable bonds is 2. The highest BCUT2D eigenvalue weighted by molar-refractivity contribution is 5.80. The predicted octanol–water partition coefficient (Wildman–Crippen LogP) is 2.96. The molecule has 1 aliphatic rings. The van der Waals surface area contributed by atoms with Crippen LogP contribution in [0.4, 0.5) is 0 Å². The SMILES string of the molecule is O=Cc1cc(C2CCCCC2)c(O)cc1O. The van der Waals surface area contributed by atoms with E-state index in [1.807, 2.05) is 0 Å². The van der Waals surface area contributed by atoms with E-state index in [-0.39, 0.29) is 17.1 Å². The first-order valence-electron chi connectivity index (χ1n) is 5.73. The van der Waals surface area contributed by atoms with E-state index >= 15 is 0 Å². The topological polar surface area (TPSA) is 57.5 Å². The zero-order valence-corrected chi connectivity index (χ0v) is 9.15. The summed E-state index contributed by atoms with van der Waals surface area (Å²) >= 11 is 0. The number of carbonyl (C=O) groups is 1. The van der Waals surface area contributed by atoms with Gasteiger partial charge >= 0.3 is 0 Å². The molecule has 3 nitrogen and oxygen atoms in total. The molecule has 0 radical (unpaired) electrons. The standard InChI is InChI=1S/C13H16O3/c14-8-10-6-11(13(16)7-12(10)15)9-4-2-1-3-5-9/h6-9,15-16H,1-5H2. The van der Waals surface area contributed by atoms with Crippen LogP contribution in [-0.4, -0.2) is 16.5 Å². The number of benzene rings is 1. The average molecular weight is 220 g/mol. The molecule has 0 bridgehead atoms. The van der Waals surface area contributed by atoms with E-state index in [0.717, 1.165) is 18.4 Å². The quantitative estimate of drug-likeness (QED) is 0.753. The average Bonchev–Trinajstić information content (AvgIpc) is 2.30. The van der Waals surface area contributed by atoms with Gasteiger partial charge in [-0.3, -0.25) is 4.79 Å². The van der Waals surface area contributed by atoms with Gasteiger partial charge in [-0.1, -0.05) is 19.3 Å². The Hall–Kier alpha value is -1.51. The molecule has 0 atom stereocenters. The summed E-state index contributed by atoms with van der Waals surface area (Å²) < 4.78 is 0. The van der Waals surface area contributed by atoms with Gasteiger partial charge in [0.25, 0.3) is 0 Å². The Bertz CT molecular complexity index is 392. The molecule has 1 aliphatic carbocycles. The zero-order valence-electron chi connectivity index (χ0n) is 9.15. The number of hydrogen-bond acceptors (Lipinski definition) is 3. The van der Waals surface area contributed by atoms with Gasteiger partial charge in [0, 0.05) is 6.07 Å². The summed E-state index contributed by atoms with van der Waals surface area (Å²) in [6, 6.07) is 2.89. The van der Waals surface area contributed by atoms with Crippen LogP contribution in [0.1, 0.15) is 53.9 Å². The monoisotopic (exact) mass is 220 g/mol. The lowest BCUT2D eigenvalue weighted by molar-refractivity contribution is 0.112. The maximum atomic E-state index is 10.7. The van der Waals surface area contributed by atoms with Crippen molar-refractivity contribution in [2.24, 2.45) is 0 Å². The van der Waals surface area contributed by atoms with E-state index in [1.165, 1.54) is 25.3 Å². The Balaban J connectivity index is 2.35. The van der Waals surface area contributed by atoms with Gasteiger partial charge in [0.2, 0.25) is 0 Å². The fraction of sp³-hybridized carbons (Fsp3) is 0.462. The third-order valence-corrected chi connectivity index (χ3v) is 3.35. The summed E-state index contributed by atoms with van der Waals surface area (Å²) in [5.74, 6) is 0.287. The van der Waals surface area contributed by atoms with E-state index in [4.69, 9.17) is 0 Å². The van der Waals surface area contributed by atoms with Gasteiger partial charge in [-0.25, -0.2) is 0 Å². The summed E-state index contributed by atoms with van der Waals surface area (Å²) in [6.07, 6.45) is 6.31. The number of carbonyl (C=O) groups excluding carboxylic acids is 1. The Morgan fingerprint density at radius 1 is 1.06 bits per heavy atom. The summed E-state index contributed by atoms with van der Waals surface area (Å²) in [5.41, 5.74) is 1.07. The maximum absolute atomic E-state index is 10.7. The second kappa shape index (κ2) is 4.56. The van der Waals surface area contributed by atoms with Gasteiger partial charge in [0.05, 0.1) is 5.56 Å². The molecule has 2 rings (SSSR count). The van der Waals surface area contributed by atoms with Crippen molar-refractivity contribution in [3.8, 4) is 11.5 Å². The molecule has 0 aliphatic heterocycles. The van der Waals surface area contributed by atoms with E-state index in [0.29, 0.717) is 12.2 Å². The van der Waals surface area contributed by atoms with Crippen molar-refractivity contribution in [3.05, 3.63) is 23.3 Å². The fourth-order valence-electron chi connectivity index (χ4n) is 2.45. The first-order valence-corrected chi connectivity index (χ1v) is 5.73. The van der Waals surface area contributed by atoms with Gasteiger partial charge < -0.3 is 10.2 Å². The number of aldehydes is 1. The molecular weight excluding hydrogens is 204 g/mol. The molecule has 0 unspecified atom stereocenters. The van der Waals surface area contributed by atoms with Crippen molar-refractivity contribution >= 4 is 6.29 Å². The van der Waals surface area contributed by atoms with Crippen LogP contribution in [-0.2, 0) is 0 Å². The summed E-state index contributed by atoms with van der Waals surface area (Å²) in [4.78, 5) is 10.7. The Labute approximate surface area is 94.7 Å². The molecule has 1 aromatic carbocycles. The molecule has 3 heteroatoms. The summed E-state index contributed by atoms with van der Waals surface area (Å²) in [5, 5.41) is 19.2. The van der Waals surface area contributed by atoms with Crippen LogP contribution >= 0.6 is 0 Å². The van der Waals surface area contributed by atoms with Crippen LogP contribution in [0.25, 0.3) is 0 Å². The minimum absolute atomic E-state index is 0.106.